The molecule has 0 aliphatic carbocycles. The largest absolute Gasteiger partial charge is 0.480 e. The fourth-order valence-electron chi connectivity index (χ4n) is 4.18. The highest BCUT2D eigenvalue weighted by Crippen LogP contribution is 2.28. The van der Waals surface area contributed by atoms with Gasteiger partial charge >= 0.3 is 5.97 Å². The SMILES string of the molecule is CSCC[C@H](NC(=O)c1ccc(CNCCCCc2ccccc2)cc1-c1ccccc1C)C(=O)O. The highest BCUT2D eigenvalue weighted by atomic mass is 32.2. The van der Waals surface area contributed by atoms with Crippen LogP contribution in [0.25, 0.3) is 11.1 Å². The third kappa shape index (κ3) is 8.25. The zero-order valence-corrected chi connectivity index (χ0v) is 21.9. The lowest BCUT2D eigenvalue weighted by Gasteiger charge is -2.18. The number of carbonyl (C=O) groups excluding carboxylic acids is 1. The lowest BCUT2D eigenvalue weighted by atomic mass is 9.93. The minimum absolute atomic E-state index is 0.359. The van der Waals surface area contributed by atoms with Crippen LogP contribution in [-0.4, -0.2) is 41.6 Å². The molecule has 0 aromatic heterocycles. The Kier molecular flexibility index (Phi) is 11.0. The van der Waals surface area contributed by atoms with Crippen LogP contribution >= 0.6 is 11.8 Å². The third-order valence-electron chi connectivity index (χ3n) is 6.22. The summed E-state index contributed by atoms with van der Waals surface area (Å²) in [6, 6.07) is 23.4. The van der Waals surface area contributed by atoms with Crippen molar-refractivity contribution in [2.75, 3.05) is 18.6 Å². The molecule has 3 aromatic rings. The highest BCUT2D eigenvalue weighted by Gasteiger charge is 2.22. The van der Waals surface area contributed by atoms with E-state index in [1.165, 1.54) is 5.56 Å². The first kappa shape index (κ1) is 27.5. The quantitative estimate of drug-likeness (QED) is 0.245. The fourth-order valence-corrected chi connectivity index (χ4v) is 4.65. The number of hydrogen-bond donors (Lipinski definition) is 3. The van der Waals surface area contributed by atoms with Crippen molar-refractivity contribution in [1.82, 2.24) is 10.6 Å². The van der Waals surface area contributed by atoms with Crippen molar-refractivity contribution < 1.29 is 14.7 Å². The van der Waals surface area contributed by atoms with Gasteiger partial charge in [-0.05, 0) is 91.1 Å². The smallest absolute Gasteiger partial charge is 0.326 e. The van der Waals surface area contributed by atoms with Crippen molar-refractivity contribution >= 4 is 23.6 Å². The molecule has 190 valence electrons. The maximum absolute atomic E-state index is 13.2. The average molecular weight is 505 g/mol. The average Bonchev–Trinajstić information content (AvgIpc) is 2.89. The lowest BCUT2D eigenvalue weighted by molar-refractivity contribution is -0.139. The van der Waals surface area contributed by atoms with Gasteiger partial charge in [0.15, 0.2) is 0 Å². The molecule has 5 nitrogen and oxygen atoms in total. The molecule has 0 aliphatic rings. The summed E-state index contributed by atoms with van der Waals surface area (Å²) in [5.41, 5.74) is 5.81. The van der Waals surface area contributed by atoms with E-state index in [1.54, 1.807) is 11.8 Å². The van der Waals surface area contributed by atoms with Gasteiger partial charge in [0.2, 0.25) is 0 Å². The first-order valence-corrected chi connectivity index (χ1v) is 13.8. The monoisotopic (exact) mass is 504 g/mol. The molecule has 36 heavy (non-hydrogen) atoms. The summed E-state index contributed by atoms with van der Waals surface area (Å²) in [6.45, 7) is 3.65. The number of hydrogen-bond acceptors (Lipinski definition) is 4. The van der Waals surface area contributed by atoms with Crippen LogP contribution in [-0.2, 0) is 17.8 Å². The second kappa shape index (κ2) is 14.5. The number of aliphatic carboxylic acids is 1. The van der Waals surface area contributed by atoms with Gasteiger partial charge in [-0.2, -0.15) is 11.8 Å². The van der Waals surface area contributed by atoms with E-state index in [0.717, 1.165) is 48.1 Å². The topological polar surface area (TPSA) is 78.4 Å². The molecule has 0 bridgehead atoms. The summed E-state index contributed by atoms with van der Waals surface area (Å²) in [7, 11) is 0. The van der Waals surface area contributed by atoms with Gasteiger partial charge in [-0.1, -0.05) is 60.7 Å². The molecule has 0 aliphatic heterocycles. The van der Waals surface area contributed by atoms with Crippen molar-refractivity contribution in [3.8, 4) is 11.1 Å². The third-order valence-corrected chi connectivity index (χ3v) is 6.86. The Balaban J connectivity index is 1.68. The summed E-state index contributed by atoms with van der Waals surface area (Å²) < 4.78 is 0. The van der Waals surface area contributed by atoms with Gasteiger partial charge in [-0.15, -0.1) is 0 Å². The molecule has 0 spiro atoms. The Morgan fingerprint density at radius 1 is 0.917 bits per heavy atom. The normalized spacial score (nSPS) is 11.7. The number of carbonyl (C=O) groups is 2. The molecule has 0 radical (unpaired) electrons. The van der Waals surface area contributed by atoms with E-state index in [0.29, 0.717) is 24.3 Å². The van der Waals surface area contributed by atoms with E-state index in [9.17, 15) is 14.7 Å². The predicted molar refractivity (Wildman–Crippen MR) is 150 cm³/mol. The van der Waals surface area contributed by atoms with Crippen LogP contribution in [0.5, 0.6) is 0 Å². The molecule has 0 heterocycles. The lowest BCUT2D eigenvalue weighted by Crippen LogP contribution is -2.41. The highest BCUT2D eigenvalue weighted by molar-refractivity contribution is 7.98. The number of unbranched alkanes of at least 4 members (excludes halogenated alkanes) is 1. The fraction of sp³-hybridized carbons (Fsp3) is 0.333. The van der Waals surface area contributed by atoms with Crippen LogP contribution in [0.15, 0.2) is 72.8 Å². The number of carboxylic acid groups (broad SMARTS) is 1. The van der Waals surface area contributed by atoms with Crippen molar-refractivity contribution in [3.05, 3.63) is 95.1 Å². The molecule has 0 unspecified atom stereocenters. The number of benzene rings is 3. The molecule has 0 saturated heterocycles. The standard InChI is InChI=1S/C30H36N2O3S/c1-22-10-6-7-14-25(22)27-20-24(21-31-18-9-8-13-23-11-4-3-5-12-23)15-16-26(27)29(33)32-28(30(34)35)17-19-36-2/h3-7,10-12,14-16,20,28,31H,8-9,13,17-19,21H2,1-2H3,(H,32,33)(H,34,35)/t28-/m0/s1. The predicted octanol–water partition coefficient (Wildman–Crippen LogP) is 5.71. The van der Waals surface area contributed by atoms with Gasteiger partial charge < -0.3 is 15.7 Å². The molecule has 3 rings (SSSR count). The minimum atomic E-state index is -1.01. The van der Waals surface area contributed by atoms with E-state index in [2.05, 4.69) is 34.9 Å². The summed E-state index contributed by atoms with van der Waals surface area (Å²) in [5, 5.41) is 15.8. The molecular weight excluding hydrogens is 468 g/mol. The van der Waals surface area contributed by atoms with E-state index < -0.39 is 12.0 Å². The van der Waals surface area contributed by atoms with Crippen molar-refractivity contribution in [2.24, 2.45) is 0 Å². The van der Waals surface area contributed by atoms with Gasteiger partial charge in [-0.25, -0.2) is 4.79 Å². The summed E-state index contributed by atoms with van der Waals surface area (Å²) in [6.07, 6.45) is 5.61. The van der Waals surface area contributed by atoms with E-state index in [4.69, 9.17) is 0 Å². The zero-order valence-electron chi connectivity index (χ0n) is 21.1. The number of nitrogens with one attached hydrogen (secondary N) is 2. The molecule has 1 atom stereocenters. The Morgan fingerprint density at radius 3 is 2.39 bits per heavy atom. The van der Waals surface area contributed by atoms with Gasteiger partial charge in [0.05, 0.1) is 0 Å². The number of thioether (sulfide) groups is 1. The van der Waals surface area contributed by atoms with Crippen LogP contribution in [0.3, 0.4) is 0 Å². The van der Waals surface area contributed by atoms with Gasteiger partial charge in [0, 0.05) is 12.1 Å². The van der Waals surface area contributed by atoms with Crippen LogP contribution in [0.1, 0.15) is 46.3 Å². The van der Waals surface area contributed by atoms with Crippen LogP contribution in [0, 0.1) is 6.92 Å². The summed E-state index contributed by atoms with van der Waals surface area (Å²) in [5.74, 6) is -0.706. The number of carboxylic acids is 1. The Morgan fingerprint density at radius 2 is 1.67 bits per heavy atom. The first-order valence-electron chi connectivity index (χ1n) is 12.5. The first-order chi connectivity index (χ1) is 17.5. The maximum Gasteiger partial charge on any atom is 0.326 e. The van der Waals surface area contributed by atoms with Crippen molar-refractivity contribution in [3.63, 3.8) is 0 Å². The van der Waals surface area contributed by atoms with Crippen molar-refractivity contribution in [2.45, 2.75) is 45.2 Å². The Bertz CT molecular complexity index is 1130. The molecule has 0 fully saturated rings. The molecule has 0 saturated carbocycles. The molecule has 3 N–H and O–H groups in total. The molecule has 6 heteroatoms. The number of amides is 1. The van der Waals surface area contributed by atoms with Crippen molar-refractivity contribution in [1.29, 1.82) is 0 Å². The van der Waals surface area contributed by atoms with Gasteiger partial charge in [0.25, 0.3) is 5.91 Å². The Hall–Kier alpha value is -3.09. The molecular formula is C30H36N2O3S. The maximum atomic E-state index is 13.2. The van der Waals surface area contributed by atoms with E-state index >= 15 is 0 Å². The van der Waals surface area contributed by atoms with Gasteiger partial charge in [-0.3, -0.25) is 4.79 Å². The second-order valence-corrected chi connectivity index (χ2v) is 9.95. The molecule has 3 aromatic carbocycles. The van der Waals surface area contributed by atoms with Crippen LogP contribution in [0.2, 0.25) is 0 Å². The zero-order chi connectivity index (χ0) is 25.8. The number of aryl methyl sites for hydroxylation is 2. The summed E-state index contributed by atoms with van der Waals surface area (Å²) in [4.78, 5) is 24.9. The number of rotatable bonds is 14. The second-order valence-electron chi connectivity index (χ2n) is 8.96. The van der Waals surface area contributed by atoms with Gasteiger partial charge in [0.1, 0.15) is 6.04 Å². The Labute approximate surface area is 218 Å². The summed E-state index contributed by atoms with van der Waals surface area (Å²) >= 11 is 1.56. The van der Waals surface area contributed by atoms with E-state index in [-0.39, 0.29) is 5.91 Å². The molecule has 1 amide bonds. The van der Waals surface area contributed by atoms with Crippen LogP contribution < -0.4 is 10.6 Å². The van der Waals surface area contributed by atoms with E-state index in [1.807, 2.05) is 61.7 Å². The minimum Gasteiger partial charge on any atom is -0.480 e. The van der Waals surface area contributed by atoms with Crippen LogP contribution in [0.4, 0.5) is 0 Å².